The topological polar surface area (TPSA) is 39.9 Å². The first-order valence-electron chi connectivity index (χ1n) is 13.2. The second-order valence-electron chi connectivity index (χ2n) is 10.3. The first kappa shape index (κ1) is 23.9. The third-order valence-corrected chi connectivity index (χ3v) is 7.12. The average molecular weight is 498 g/mol. The van der Waals surface area contributed by atoms with Crippen LogP contribution >= 0.6 is 0 Å². The first-order valence-corrected chi connectivity index (χ1v) is 13.2. The fraction of sp³-hybridized carbons (Fsp3) is 0.176. The van der Waals surface area contributed by atoms with Gasteiger partial charge in [0.2, 0.25) is 5.88 Å². The van der Waals surface area contributed by atoms with Crippen molar-refractivity contribution >= 4 is 21.8 Å². The van der Waals surface area contributed by atoms with Gasteiger partial charge in [0, 0.05) is 28.7 Å². The van der Waals surface area contributed by atoms with Crippen LogP contribution < -0.4 is 4.74 Å². The third-order valence-electron chi connectivity index (χ3n) is 7.12. The zero-order valence-corrected chi connectivity index (χ0v) is 22.2. The Labute approximate surface area is 223 Å². The highest BCUT2D eigenvalue weighted by atomic mass is 16.5. The van der Waals surface area contributed by atoms with E-state index in [-0.39, 0.29) is 0 Å². The molecule has 0 saturated heterocycles. The number of fused-ring (bicyclic) bond motifs is 3. The molecule has 0 radical (unpaired) electrons. The van der Waals surface area contributed by atoms with Gasteiger partial charge >= 0.3 is 0 Å². The van der Waals surface area contributed by atoms with Gasteiger partial charge in [0.25, 0.3) is 0 Å². The van der Waals surface area contributed by atoms with E-state index in [0.29, 0.717) is 17.7 Å². The summed E-state index contributed by atoms with van der Waals surface area (Å²) in [5.74, 6) is 3.10. The second-order valence-corrected chi connectivity index (χ2v) is 10.3. The minimum Gasteiger partial charge on any atom is -0.439 e. The Morgan fingerprint density at radius 1 is 0.632 bits per heavy atom. The highest BCUT2D eigenvalue weighted by molar-refractivity contribution is 6.10. The zero-order chi connectivity index (χ0) is 26.2. The van der Waals surface area contributed by atoms with Crippen LogP contribution in [0, 0.1) is 0 Å². The Balaban J connectivity index is 1.45. The third kappa shape index (κ3) is 4.22. The van der Waals surface area contributed by atoms with Crippen LogP contribution in [-0.2, 0) is 0 Å². The molecule has 188 valence electrons. The number of aromatic nitrogens is 3. The summed E-state index contributed by atoms with van der Waals surface area (Å²) in [7, 11) is 0. The number of hydrogen-bond acceptors (Lipinski definition) is 3. The molecule has 0 fully saturated rings. The predicted molar refractivity (Wildman–Crippen MR) is 157 cm³/mol. The molecule has 3 heterocycles. The zero-order valence-electron chi connectivity index (χ0n) is 22.2. The molecule has 4 nitrogen and oxygen atoms in total. The minimum atomic E-state index is 0.315. The maximum atomic E-state index is 6.43. The first-order chi connectivity index (χ1) is 18.5. The van der Waals surface area contributed by atoms with E-state index in [1.807, 2.05) is 36.7 Å². The van der Waals surface area contributed by atoms with Crippen LogP contribution in [0.15, 0.2) is 103 Å². The van der Waals surface area contributed by atoms with Gasteiger partial charge in [-0.1, -0.05) is 76.2 Å². The molecular formula is C34H31N3O. The fourth-order valence-corrected chi connectivity index (χ4v) is 5.37. The summed E-state index contributed by atoms with van der Waals surface area (Å²) in [6.45, 7) is 8.82. The Bertz CT molecular complexity index is 1750. The van der Waals surface area contributed by atoms with E-state index < -0.39 is 0 Å². The van der Waals surface area contributed by atoms with Crippen molar-refractivity contribution in [2.75, 3.05) is 0 Å². The quantitative estimate of drug-likeness (QED) is 0.230. The van der Waals surface area contributed by atoms with Crippen molar-refractivity contribution in [3.05, 3.63) is 115 Å². The van der Waals surface area contributed by atoms with Crippen LogP contribution in [0.5, 0.6) is 11.6 Å². The summed E-state index contributed by atoms with van der Waals surface area (Å²) >= 11 is 0. The second kappa shape index (κ2) is 9.79. The average Bonchev–Trinajstić information content (AvgIpc) is 3.27. The molecule has 0 unspecified atom stereocenters. The summed E-state index contributed by atoms with van der Waals surface area (Å²) in [5, 5.41) is 2.42. The van der Waals surface area contributed by atoms with E-state index in [9.17, 15) is 0 Å². The molecule has 0 aliphatic rings. The number of ether oxygens (including phenoxy) is 1. The van der Waals surface area contributed by atoms with Crippen molar-refractivity contribution in [3.8, 4) is 28.6 Å². The lowest BCUT2D eigenvalue weighted by molar-refractivity contribution is 0.451. The van der Waals surface area contributed by atoms with Crippen LogP contribution in [0.4, 0.5) is 0 Å². The molecule has 0 N–H and O–H groups in total. The molecule has 6 aromatic rings. The molecule has 3 aromatic heterocycles. The van der Waals surface area contributed by atoms with Gasteiger partial charge in [0.1, 0.15) is 11.6 Å². The molecule has 0 atom stereocenters. The van der Waals surface area contributed by atoms with Crippen LogP contribution in [-0.4, -0.2) is 14.5 Å². The van der Waals surface area contributed by atoms with Gasteiger partial charge < -0.3 is 4.74 Å². The van der Waals surface area contributed by atoms with Crippen molar-refractivity contribution in [1.82, 2.24) is 14.5 Å². The highest BCUT2D eigenvalue weighted by Gasteiger charge is 2.18. The van der Waals surface area contributed by atoms with E-state index in [4.69, 9.17) is 4.74 Å². The predicted octanol–water partition coefficient (Wildman–Crippen LogP) is 9.28. The van der Waals surface area contributed by atoms with E-state index in [1.165, 1.54) is 21.9 Å². The van der Waals surface area contributed by atoms with E-state index in [0.717, 1.165) is 33.7 Å². The molecule has 0 bridgehead atoms. The molecule has 0 saturated carbocycles. The standard InChI is InChI=1S/C34H31N3O/c1-22(2)27-17-19-36-34(33(27)23(3)4)38-26-11-9-10-24(20-26)25-15-16-29-28-12-5-6-13-30(28)37(31(29)21-25)32-14-7-8-18-35-32/h5-23H,1-4H3. The molecule has 0 spiro atoms. The Morgan fingerprint density at radius 2 is 1.42 bits per heavy atom. The monoisotopic (exact) mass is 497 g/mol. The summed E-state index contributed by atoms with van der Waals surface area (Å²) < 4.78 is 8.67. The molecule has 38 heavy (non-hydrogen) atoms. The van der Waals surface area contributed by atoms with Gasteiger partial charge in [-0.3, -0.25) is 4.57 Å². The van der Waals surface area contributed by atoms with Crippen molar-refractivity contribution in [3.63, 3.8) is 0 Å². The maximum absolute atomic E-state index is 6.43. The molecule has 0 amide bonds. The summed E-state index contributed by atoms with van der Waals surface area (Å²) in [6.07, 6.45) is 3.69. The van der Waals surface area contributed by atoms with Crippen molar-refractivity contribution < 1.29 is 4.74 Å². The van der Waals surface area contributed by atoms with Gasteiger partial charge in [-0.05, 0) is 71.0 Å². The number of hydrogen-bond donors (Lipinski definition) is 0. The largest absolute Gasteiger partial charge is 0.439 e. The Hall–Kier alpha value is -4.44. The van der Waals surface area contributed by atoms with Crippen LogP contribution in [0.1, 0.15) is 50.7 Å². The number of nitrogens with zero attached hydrogens (tertiary/aromatic N) is 3. The van der Waals surface area contributed by atoms with Crippen LogP contribution in [0.3, 0.4) is 0 Å². The SMILES string of the molecule is CC(C)c1ccnc(Oc2cccc(-c3ccc4c5ccccc5n(-c5ccccn5)c4c3)c2)c1C(C)C. The highest BCUT2D eigenvalue weighted by Crippen LogP contribution is 2.37. The smallest absolute Gasteiger partial charge is 0.222 e. The minimum absolute atomic E-state index is 0.315. The lowest BCUT2D eigenvalue weighted by Gasteiger charge is -2.19. The number of para-hydroxylation sites is 1. The Kier molecular flexibility index (Phi) is 6.16. The van der Waals surface area contributed by atoms with Crippen LogP contribution in [0.2, 0.25) is 0 Å². The summed E-state index contributed by atoms with van der Waals surface area (Å²) in [5.41, 5.74) is 6.95. The molecule has 6 rings (SSSR count). The lowest BCUT2D eigenvalue weighted by atomic mass is 9.92. The number of rotatable bonds is 6. The molecule has 0 aliphatic heterocycles. The van der Waals surface area contributed by atoms with Gasteiger partial charge in [-0.25, -0.2) is 9.97 Å². The normalized spacial score (nSPS) is 11.6. The molecule has 3 aromatic carbocycles. The Morgan fingerprint density at radius 3 is 2.21 bits per heavy atom. The number of benzene rings is 3. The summed E-state index contributed by atoms with van der Waals surface area (Å²) in [4.78, 5) is 9.28. The van der Waals surface area contributed by atoms with E-state index >= 15 is 0 Å². The molecule has 4 heteroatoms. The van der Waals surface area contributed by atoms with E-state index in [1.54, 1.807) is 0 Å². The maximum Gasteiger partial charge on any atom is 0.222 e. The van der Waals surface area contributed by atoms with Gasteiger partial charge in [0.15, 0.2) is 0 Å². The van der Waals surface area contributed by atoms with E-state index in [2.05, 4.69) is 109 Å². The van der Waals surface area contributed by atoms with Crippen molar-refractivity contribution in [2.45, 2.75) is 39.5 Å². The molecular weight excluding hydrogens is 466 g/mol. The van der Waals surface area contributed by atoms with Gasteiger partial charge in [-0.2, -0.15) is 0 Å². The number of pyridine rings is 2. The van der Waals surface area contributed by atoms with Crippen molar-refractivity contribution in [1.29, 1.82) is 0 Å². The lowest BCUT2D eigenvalue weighted by Crippen LogP contribution is -2.03. The molecule has 0 aliphatic carbocycles. The van der Waals surface area contributed by atoms with Gasteiger partial charge in [-0.15, -0.1) is 0 Å². The summed E-state index contributed by atoms with van der Waals surface area (Å²) in [6, 6.07) is 31.6. The van der Waals surface area contributed by atoms with Gasteiger partial charge in [0.05, 0.1) is 11.0 Å². The van der Waals surface area contributed by atoms with Crippen LogP contribution in [0.25, 0.3) is 38.8 Å². The van der Waals surface area contributed by atoms with Crippen molar-refractivity contribution in [2.24, 2.45) is 0 Å². The fourth-order valence-electron chi connectivity index (χ4n) is 5.37.